The Balaban J connectivity index is 1.11. The zero-order valence-electron chi connectivity index (χ0n) is 34.2. The molecular weight excluding hydrogens is 757 g/mol. The Morgan fingerprint density at radius 3 is 1.71 bits per heavy atom. The highest BCUT2D eigenvalue weighted by atomic mass is 16.9. The molecule has 0 aliphatic carbocycles. The van der Waals surface area contributed by atoms with E-state index in [-0.39, 0.29) is 26.4 Å². The fourth-order valence-corrected chi connectivity index (χ4v) is 7.95. The van der Waals surface area contributed by atoms with Crippen molar-refractivity contribution in [1.82, 2.24) is 0 Å². The number of carbonyl (C=O) groups is 1. The maximum absolute atomic E-state index is 14.0. The molecule has 12 nitrogen and oxygen atoms in total. The fraction of sp³-hybridized carbons (Fsp3) is 0.468. The highest BCUT2D eigenvalue weighted by Gasteiger charge is 2.61. The lowest BCUT2D eigenvalue weighted by molar-refractivity contribution is -0.330. The van der Waals surface area contributed by atoms with Crippen LogP contribution < -0.4 is 0 Å². The molecular formula is C47H54O12. The van der Waals surface area contributed by atoms with E-state index in [9.17, 15) is 4.79 Å². The Morgan fingerprint density at radius 1 is 0.542 bits per heavy atom. The first kappa shape index (κ1) is 41.7. The van der Waals surface area contributed by atoms with Gasteiger partial charge >= 0.3 is 5.97 Å². The van der Waals surface area contributed by atoms with E-state index >= 15 is 0 Å². The van der Waals surface area contributed by atoms with Crippen molar-refractivity contribution in [1.29, 1.82) is 0 Å². The Labute approximate surface area is 345 Å². The lowest BCUT2D eigenvalue weighted by Crippen LogP contribution is -2.63. The van der Waals surface area contributed by atoms with Crippen molar-refractivity contribution in [3.05, 3.63) is 143 Å². The number of carbonyl (C=O) groups excluding carboxylic acids is 1. The Morgan fingerprint density at radius 2 is 1.08 bits per heavy atom. The first-order chi connectivity index (χ1) is 28.5. The van der Waals surface area contributed by atoms with Gasteiger partial charge in [0.05, 0.1) is 38.6 Å². The minimum absolute atomic E-state index is 0.0142. The van der Waals surface area contributed by atoms with Crippen LogP contribution in [0.2, 0.25) is 0 Å². The molecule has 4 fully saturated rings. The topological polar surface area (TPSA) is 119 Å². The summed E-state index contributed by atoms with van der Waals surface area (Å²) in [6.45, 7) is 10.2. The minimum Gasteiger partial charge on any atom is -0.453 e. The molecule has 4 saturated heterocycles. The van der Waals surface area contributed by atoms with Crippen LogP contribution in [0.1, 0.15) is 60.3 Å². The molecule has 0 N–H and O–H groups in total. The normalized spacial score (nSPS) is 30.7. The van der Waals surface area contributed by atoms with Gasteiger partial charge in [0.1, 0.15) is 42.7 Å². The van der Waals surface area contributed by atoms with Crippen molar-refractivity contribution in [2.45, 2.75) is 127 Å². The largest absolute Gasteiger partial charge is 0.453 e. The van der Waals surface area contributed by atoms with Gasteiger partial charge in [0.2, 0.25) is 0 Å². The number of hydrogen-bond donors (Lipinski definition) is 0. The summed E-state index contributed by atoms with van der Waals surface area (Å²) in [5.41, 5.74) is 4.25. The molecule has 4 aromatic rings. The molecule has 4 heterocycles. The number of hydrogen-bond acceptors (Lipinski definition) is 12. The number of aryl methyl sites for hydroxylation is 1. The van der Waals surface area contributed by atoms with E-state index in [1.165, 1.54) is 0 Å². The average Bonchev–Trinajstić information content (AvgIpc) is 3.74. The van der Waals surface area contributed by atoms with Crippen LogP contribution in [0.3, 0.4) is 0 Å². The summed E-state index contributed by atoms with van der Waals surface area (Å²) in [5.74, 6) is -2.30. The van der Waals surface area contributed by atoms with Crippen molar-refractivity contribution in [3.8, 4) is 0 Å². The molecule has 314 valence electrons. The average molecular weight is 811 g/mol. The van der Waals surface area contributed by atoms with Gasteiger partial charge in [0.25, 0.3) is 0 Å². The van der Waals surface area contributed by atoms with E-state index in [0.717, 1.165) is 22.3 Å². The van der Waals surface area contributed by atoms with Crippen molar-refractivity contribution >= 4 is 5.97 Å². The summed E-state index contributed by atoms with van der Waals surface area (Å²) in [7, 11) is 0. The lowest BCUT2D eigenvalue weighted by Gasteiger charge is -2.46. The predicted octanol–water partition coefficient (Wildman–Crippen LogP) is 7.05. The summed E-state index contributed by atoms with van der Waals surface area (Å²) in [4.78, 5) is 14.0. The molecule has 12 heteroatoms. The standard InChI is InChI=1S/C47H54O12/c1-30-21-23-34(24-22-30)43(48)55-37-35(28-49-25-31-15-9-6-10-16-31)53-44(41(51-27-33-19-13-8-14-20-33)39(37)50-26-32-17-11-7-12-18-32)52-29-36-38-40(57-46(2,3)56-38)42-45(54-36)59-47(4,5)58-42/h6-24,35-42,44-45H,25-29H2,1-5H3/t35-,36-,37+,38+,39+,40+,41-,42-,44-,45-/m1/s1. The predicted molar refractivity (Wildman–Crippen MR) is 214 cm³/mol. The van der Waals surface area contributed by atoms with E-state index in [4.69, 9.17) is 52.1 Å². The van der Waals surface area contributed by atoms with E-state index in [0.29, 0.717) is 12.2 Å². The summed E-state index contributed by atoms with van der Waals surface area (Å²) in [6.07, 6.45) is -7.45. The second kappa shape index (κ2) is 18.3. The molecule has 0 bridgehead atoms. The number of ether oxygens (including phenoxy) is 11. The molecule has 0 saturated carbocycles. The van der Waals surface area contributed by atoms with Crippen molar-refractivity contribution in [3.63, 3.8) is 0 Å². The molecule has 4 aliphatic rings. The van der Waals surface area contributed by atoms with Gasteiger partial charge in [-0.15, -0.1) is 0 Å². The third kappa shape index (κ3) is 10.3. The van der Waals surface area contributed by atoms with E-state index in [1.54, 1.807) is 12.1 Å². The zero-order chi connectivity index (χ0) is 41.0. The van der Waals surface area contributed by atoms with Crippen LogP contribution in [-0.4, -0.2) is 92.2 Å². The Bertz CT molecular complexity index is 1940. The van der Waals surface area contributed by atoms with Gasteiger partial charge in [0, 0.05) is 0 Å². The SMILES string of the molecule is Cc1ccc(C(=O)O[C@@H]2[C@H](OCc3ccccc3)[C@@H](OCc3ccccc3)[C@H](OC[C@H]3O[C@@H]4OC(C)(C)O[C@@H]4[C@H]4OC(C)(C)O[C@H]43)O[C@@H]2COCc2ccccc2)cc1. The molecule has 0 radical (unpaired) electrons. The summed E-state index contributed by atoms with van der Waals surface area (Å²) >= 11 is 0. The maximum Gasteiger partial charge on any atom is 0.338 e. The Hall–Kier alpha value is -4.05. The number of benzene rings is 4. The van der Waals surface area contributed by atoms with Crippen molar-refractivity contribution < 1.29 is 56.9 Å². The molecule has 0 unspecified atom stereocenters. The first-order valence-electron chi connectivity index (χ1n) is 20.3. The summed E-state index contributed by atoms with van der Waals surface area (Å²) in [6, 6.07) is 36.7. The number of fused-ring (bicyclic) bond motifs is 3. The van der Waals surface area contributed by atoms with Crippen LogP contribution >= 0.6 is 0 Å². The van der Waals surface area contributed by atoms with Crippen molar-refractivity contribution in [2.75, 3.05) is 13.2 Å². The highest BCUT2D eigenvalue weighted by molar-refractivity contribution is 5.89. The molecule has 4 aromatic carbocycles. The van der Waals surface area contributed by atoms with Gasteiger partial charge in [-0.25, -0.2) is 4.79 Å². The summed E-state index contributed by atoms with van der Waals surface area (Å²) < 4.78 is 71.5. The van der Waals surface area contributed by atoms with E-state index in [2.05, 4.69) is 0 Å². The molecule has 10 atom stereocenters. The molecule has 0 amide bonds. The molecule has 59 heavy (non-hydrogen) atoms. The third-order valence-electron chi connectivity index (χ3n) is 10.8. The van der Waals surface area contributed by atoms with Gasteiger partial charge in [-0.2, -0.15) is 0 Å². The quantitative estimate of drug-likeness (QED) is 0.115. The van der Waals surface area contributed by atoms with Crippen LogP contribution in [0, 0.1) is 6.92 Å². The molecule has 0 aromatic heterocycles. The summed E-state index contributed by atoms with van der Waals surface area (Å²) in [5, 5.41) is 0. The van der Waals surface area contributed by atoms with Crippen molar-refractivity contribution in [2.24, 2.45) is 0 Å². The second-order valence-electron chi connectivity index (χ2n) is 16.3. The first-order valence-corrected chi connectivity index (χ1v) is 20.3. The lowest BCUT2D eigenvalue weighted by atomic mass is 9.97. The minimum atomic E-state index is -1.04. The van der Waals surface area contributed by atoms with Crippen LogP contribution in [0.5, 0.6) is 0 Å². The molecule has 0 spiro atoms. The maximum atomic E-state index is 14.0. The fourth-order valence-electron chi connectivity index (χ4n) is 7.95. The highest BCUT2D eigenvalue weighted by Crippen LogP contribution is 2.44. The van der Waals surface area contributed by atoms with Gasteiger partial charge in [0.15, 0.2) is 30.3 Å². The van der Waals surface area contributed by atoms with Crippen LogP contribution in [-0.2, 0) is 71.9 Å². The van der Waals surface area contributed by atoms with Gasteiger partial charge in [-0.05, 0) is 63.4 Å². The molecule has 4 aliphatic heterocycles. The van der Waals surface area contributed by atoms with Crippen LogP contribution in [0.15, 0.2) is 115 Å². The zero-order valence-corrected chi connectivity index (χ0v) is 34.2. The van der Waals surface area contributed by atoms with Gasteiger partial charge < -0.3 is 52.1 Å². The smallest absolute Gasteiger partial charge is 0.338 e. The Kier molecular flexibility index (Phi) is 12.9. The monoisotopic (exact) mass is 810 g/mol. The van der Waals surface area contributed by atoms with E-state index in [1.807, 2.05) is 138 Å². The second-order valence-corrected chi connectivity index (χ2v) is 16.3. The van der Waals surface area contributed by atoms with Crippen LogP contribution in [0.25, 0.3) is 0 Å². The molecule has 8 rings (SSSR count). The van der Waals surface area contributed by atoms with E-state index < -0.39 is 79.0 Å². The number of rotatable bonds is 15. The number of esters is 1. The van der Waals surface area contributed by atoms with Gasteiger partial charge in [-0.1, -0.05) is 109 Å². The van der Waals surface area contributed by atoms with Crippen LogP contribution in [0.4, 0.5) is 0 Å². The third-order valence-corrected chi connectivity index (χ3v) is 10.8. The van der Waals surface area contributed by atoms with Gasteiger partial charge in [-0.3, -0.25) is 0 Å².